The van der Waals surface area contributed by atoms with Crippen molar-refractivity contribution in [3.05, 3.63) is 41.7 Å². The van der Waals surface area contributed by atoms with Crippen LogP contribution in [0.5, 0.6) is 0 Å². The molecule has 0 aliphatic rings. The lowest BCUT2D eigenvalue weighted by atomic mass is 10.2. The highest BCUT2D eigenvalue weighted by molar-refractivity contribution is 5.12. The van der Waals surface area contributed by atoms with Gasteiger partial charge in [-0.15, -0.1) is 0 Å². The minimum absolute atomic E-state index is 0.338. The van der Waals surface area contributed by atoms with Gasteiger partial charge in [0.15, 0.2) is 0 Å². The molecule has 5 heteroatoms. The van der Waals surface area contributed by atoms with Crippen LogP contribution in [0, 0.1) is 6.92 Å². The van der Waals surface area contributed by atoms with Crippen molar-refractivity contribution >= 4 is 0 Å². The van der Waals surface area contributed by atoms with Gasteiger partial charge in [0.25, 0.3) is 0 Å². The van der Waals surface area contributed by atoms with Gasteiger partial charge >= 0.3 is 0 Å². The van der Waals surface area contributed by atoms with Crippen LogP contribution in [0.2, 0.25) is 0 Å². The van der Waals surface area contributed by atoms with E-state index in [1.54, 1.807) is 6.33 Å². The molecule has 0 atom stereocenters. The third-order valence-corrected chi connectivity index (χ3v) is 2.72. The lowest BCUT2D eigenvalue weighted by Crippen LogP contribution is -2.18. The normalized spacial score (nSPS) is 11.1. The van der Waals surface area contributed by atoms with E-state index in [1.807, 2.05) is 23.9 Å². The average Bonchev–Trinajstić information content (AvgIpc) is 2.80. The number of nitrogens with zero attached hydrogens (tertiary/aromatic N) is 4. The molecule has 0 aliphatic heterocycles. The number of nitrogens with one attached hydrogen (secondary N) is 1. The maximum Gasteiger partial charge on any atom is 0.141 e. The van der Waals surface area contributed by atoms with E-state index in [2.05, 4.69) is 40.3 Å². The largest absolute Gasteiger partial charge is 0.306 e. The van der Waals surface area contributed by atoms with Gasteiger partial charge in [-0.25, -0.2) is 9.67 Å². The molecule has 2 heterocycles. The summed E-state index contributed by atoms with van der Waals surface area (Å²) in [6.45, 7) is 7.69. The summed E-state index contributed by atoms with van der Waals surface area (Å²) in [6.07, 6.45) is 3.50. The molecule has 2 aromatic rings. The van der Waals surface area contributed by atoms with Crippen molar-refractivity contribution in [3.8, 4) is 0 Å². The van der Waals surface area contributed by atoms with Crippen LogP contribution >= 0.6 is 0 Å². The van der Waals surface area contributed by atoms with Gasteiger partial charge in [-0.05, 0) is 32.4 Å². The molecule has 2 rings (SSSR count). The highest BCUT2D eigenvalue weighted by atomic mass is 15.3. The second-order valence-electron chi connectivity index (χ2n) is 4.63. The van der Waals surface area contributed by atoms with Crippen molar-refractivity contribution in [2.45, 2.75) is 39.9 Å². The summed E-state index contributed by atoms with van der Waals surface area (Å²) in [7, 11) is 0. The van der Waals surface area contributed by atoms with E-state index in [0.717, 1.165) is 18.1 Å². The van der Waals surface area contributed by atoms with Gasteiger partial charge in [0.2, 0.25) is 0 Å². The Morgan fingerprint density at radius 1 is 1.22 bits per heavy atom. The summed E-state index contributed by atoms with van der Waals surface area (Å²) < 4.78 is 1.93. The van der Waals surface area contributed by atoms with Gasteiger partial charge in [0, 0.05) is 24.5 Å². The van der Waals surface area contributed by atoms with Crippen LogP contribution in [-0.4, -0.2) is 19.7 Å². The van der Waals surface area contributed by atoms with Crippen LogP contribution in [0.3, 0.4) is 0 Å². The summed E-state index contributed by atoms with van der Waals surface area (Å²) in [6, 6.07) is 4.45. The first-order valence-electron chi connectivity index (χ1n) is 6.17. The predicted molar refractivity (Wildman–Crippen MR) is 69.9 cm³/mol. The van der Waals surface area contributed by atoms with Crippen LogP contribution in [0.4, 0.5) is 0 Å². The first kappa shape index (κ1) is 12.7. The van der Waals surface area contributed by atoms with E-state index in [9.17, 15) is 0 Å². The molecule has 0 unspecified atom stereocenters. The zero-order chi connectivity index (χ0) is 13.0. The first-order valence-corrected chi connectivity index (χ1v) is 6.17. The van der Waals surface area contributed by atoms with Crippen molar-refractivity contribution in [3.63, 3.8) is 0 Å². The minimum Gasteiger partial charge on any atom is -0.306 e. The van der Waals surface area contributed by atoms with Gasteiger partial charge in [0.05, 0.1) is 6.54 Å². The topological polar surface area (TPSA) is 55.6 Å². The fourth-order valence-electron chi connectivity index (χ4n) is 1.75. The summed E-state index contributed by atoms with van der Waals surface area (Å²) in [4.78, 5) is 8.52. The average molecular weight is 245 g/mol. The zero-order valence-electron chi connectivity index (χ0n) is 11.1. The SMILES string of the molecule is Cc1ccc(CNCc2ncnn2C(C)C)cn1. The Morgan fingerprint density at radius 2 is 2.06 bits per heavy atom. The monoisotopic (exact) mass is 245 g/mol. The van der Waals surface area contributed by atoms with Gasteiger partial charge in [-0.2, -0.15) is 5.10 Å². The maximum atomic E-state index is 4.27. The minimum atomic E-state index is 0.338. The van der Waals surface area contributed by atoms with E-state index >= 15 is 0 Å². The Bertz CT molecular complexity index is 486. The molecule has 0 amide bonds. The zero-order valence-corrected chi connectivity index (χ0v) is 11.1. The summed E-state index contributed by atoms with van der Waals surface area (Å²) in [5.41, 5.74) is 2.22. The highest BCUT2D eigenvalue weighted by Crippen LogP contribution is 2.05. The van der Waals surface area contributed by atoms with Crippen molar-refractivity contribution in [1.29, 1.82) is 0 Å². The number of rotatable bonds is 5. The lowest BCUT2D eigenvalue weighted by molar-refractivity contribution is 0.490. The second kappa shape index (κ2) is 5.73. The molecule has 0 spiro atoms. The third-order valence-electron chi connectivity index (χ3n) is 2.72. The molecule has 0 aromatic carbocycles. The molecule has 0 bridgehead atoms. The van der Waals surface area contributed by atoms with Crippen molar-refractivity contribution < 1.29 is 0 Å². The summed E-state index contributed by atoms with van der Waals surface area (Å²) in [5, 5.41) is 7.56. The van der Waals surface area contributed by atoms with Gasteiger partial charge in [0.1, 0.15) is 12.2 Å². The van der Waals surface area contributed by atoms with Gasteiger partial charge < -0.3 is 5.32 Å². The van der Waals surface area contributed by atoms with Gasteiger partial charge in [-0.1, -0.05) is 6.07 Å². The Hall–Kier alpha value is -1.75. The number of hydrogen-bond acceptors (Lipinski definition) is 4. The first-order chi connectivity index (χ1) is 8.66. The van der Waals surface area contributed by atoms with E-state index in [0.29, 0.717) is 12.6 Å². The molecule has 0 saturated heterocycles. The summed E-state index contributed by atoms with van der Waals surface area (Å²) in [5.74, 6) is 0.963. The molecule has 96 valence electrons. The number of aryl methyl sites for hydroxylation is 1. The Kier molecular flexibility index (Phi) is 4.04. The lowest BCUT2D eigenvalue weighted by Gasteiger charge is -2.10. The fraction of sp³-hybridized carbons (Fsp3) is 0.462. The smallest absolute Gasteiger partial charge is 0.141 e. The molecule has 0 radical (unpaired) electrons. The quantitative estimate of drug-likeness (QED) is 0.873. The molecule has 2 aromatic heterocycles. The van der Waals surface area contributed by atoms with E-state index in [-0.39, 0.29) is 0 Å². The number of pyridine rings is 1. The number of hydrogen-bond donors (Lipinski definition) is 1. The molecule has 1 N–H and O–H groups in total. The molecule has 18 heavy (non-hydrogen) atoms. The maximum absolute atomic E-state index is 4.27. The summed E-state index contributed by atoms with van der Waals surface area (Å²) >= 11 is 0. The molecular weight excluding hydrogens is 226 g/mol. The second-order valence-corrected chi connectivity index (χ2v) is 4.63. The third kappa shape index (κ3) is 3.13. The Morgan fingerprint density at radius 3 is 2.72 bits per heavy atom. The Balaban J connectivity index is 1.88. The molecule has 0 saturated carbocycles. The van der Waals surface area contributed by atoms with Crippen LogP contribution in [0.1, 0.15) is 37.0 Å². The standard InChI is InChI=1S/C13H19N5/c1-10(2)18-13(16-9-17-18)8-14-6-12-5-4-11(3)15-7-12/h4-5,7,9-10,14H,6,8H2,1-3H3. The molecule has 5 nitrogen and oxygen atoms in total. The van der Waals surface area contributed by atoms with E-state index in [4.69, 9.17) is 0 Å². The van der Waals surface area contributed by atoms with Crippen molar-refractivity contribution in [1.82, 2.24) is 25.1 Å². The number of aromatic nitrogens is 4. The van der Waals surface area contributed by atoms with Crippen LogP contribution in [0.25, 0.3) is 0 Å². The van der Waals surface area contributed by atoms with Crippen molar-refractivity contribution in [2.24, 2.45) is 0 Å². The predicted octanol–water partition coefficient (Wildman–Crippen LogP) is 1.85. The van der Waals surface area contributed by atoms with Crippen LogP contribution in [-0.2, 0) is 13.1 Å². The van der Waals surface area contributed by atoms with E-state index < -0.39 is 0 Å². The van der Waals surface area contributed by atoms with Crippen LogP contribution < -0.4 is 5.32 Å². The molecular formula is C13H19N5. The van der Waals surface area contributed by atoms with Crippen molar-refractivity contribution in [2.75, 3.05) is 0 Å². The Labute approximate surface area is 107 Å². The fourth-order valence-corrected chi connectivity index (χ4v) is 1.75. The highest BCUT2D eigenvalue weighted by Gasteiger charge is 2.06. The molecule has 0 fully saturated rings. The molecule has 0 aliphatic carbocycles. The van der Waals surface area contributed by atoms with E-state index in [1.165, 1.54) is 5.56 Å². The van der Waals surface area contributed by atoms with Crippen LogP contribution in [0.15, 0.2) is 24.7 Å². The van der Waals surface area contributed by atoms with Gasteiger partial charge in [-0.3, -0.25) is 4.98 Å².